The van der Waals surface area contributed by atoms with E-state index in [9.17, 15) is 9.90 Å². The van der Waals surface area contributed by atoms with Gasteiger partial charge < -0.3 is 9.67 Å². The molecule has 0 aliphatic heterocycles. The highest BCUT2D eigenvalue weighted by molar-refractivity contribution is 5.70. The lowest BCUT2D eigenvalue weighted by atomic mass is 9.98. The summed E-state index contributed by atoms with van der Waals surface area (Å²) in [5, 5.41) is 9.27. The van der Waals surface area contributed by atoms with Crippen LogP contribution in [0.3, 0.4) is 0 Å². The van der Waals surface area contributed by atoms with Gasteiger partial charge in [-0.3, -0.25) is 4.79 Å². The van der Waals surface area contributed by atoms with Gasteiger partial charge in [-0.25, -0.2) is 0 Å². The van der Waals surface area contributed by atoms with Crippen LogP contribution in [0.25, 0.3) is 0 Å². The minimum absolute atomic E-state index is 0.389. The van der Waals surface area contributed by atoms with E-state index in [1.54, 1.807) is 0 Å². The van der Waals surface area contributed by atoms with Crippen molar-refractivity contribution in [1.29, 1.82) is 0 Å². The van der Waals surface area contributed by atoms with Crippen LogP contribution >= 0.6 is 0 Å². The first-order chi connectivity index (χ1) is 8.65. The van der Waals surface area contributed by atoms with Gasteiger partial charge >= 0.3 is 5.97 Å². The Hall–Kier alpha value is -2.03. The third-order valence-corrected chi connectivity index (χ3v) is 3.05. The maximum atomic E-state index is 11.3. The van der Waals surface area contributed by atoms with E-state index in [1.165, 1.54) is 5.56 Å². The Kier molecular flexibility index (Phi) is 3.82. The number of carboxylic acids is 1. The molecule has 3 heteroatoms. The molecule has 0 aliphatic rings. The molecular weight excluding hydrogens is 226 g/mol. The highest BCUT2D eigenvalue weighted by Crippen LogP contribution is 2.13. The molecule has 2 aromatic rings. The number of aromatic nitrogens is 1. The third kappa shape index (κ3) is 3.23. The van der Waals surface area contributed by atoms with E-state index in [0.717, 1.165) is 5.56 Å². The van der Waals surface area contributed by atoms with Crippen molar-refractivity contribution in [1.82, 2.24) is 4.57 Å². The number of nitrogens with zero attached hydrogens (tertiary/aromatic N) is 1. The lowest BCUT2D eigenvalue weighted by molar-refractivity contribution is -0.142. The first-order valence-electron chi connectivity index (χ1n) is 6.04. The molecule has 0 saturated heterocycles. The van der Waals surface area contributed by atoms with Crippen LogP contribution in [0.15, 0.2) is 48.8 Å². The molecule has 0 radical (unpaired) electrons. The Labute approximate surface area is 107 Å². The van der Waals surface area contributed by atoms with Gasteiger partial charge in [-0.15, -0.1) is 0 Å². The van der Waals surface area contributed by atoms with Crippen molar-refractivity contribution in [2.45, 2.75) is 19.9 Å². The quantitative estimate of drug-likeness (QED) is 0.877. The van der Waals surface area contributed by atoms with E-state index in [1.807, 2.05) is 60.3 Å². The van der Waals surface area contributed by atoms with Crippen LogP contribution in [0.4, 0.5) is 0 Å². The van der Waals surface area contributed by atoms with Crippen molar-refractivity contribution in [2.24, 2.45) is 5.92 Å². The molecule has 0 saturated carbocycles. The maximum Gasteiger partial charge on any atom is 0.308 e. The fourth-order valence-corrected chi connectivity index (χ4v) is 1.98. The summed E-state index contributed by atoms with van der Waals surface area (Å²) in [5.74, 6) is -1.13. The first kappa shape index (κ1) is 12.4. The molecule has 0 aliphatic carbocycles. The maximum absolute atomic E-state index is 11.3. The topological polar surface area (TPSA) is 42.2 Å². The summed E-state index contributed by atoms with van der Waals surface area (Å²) in [6, 6.07) is 11.9. The van der Waals surface area contributed by atoms with Crippen LogP contribution in [-0.4, -0.2) is 15.6 Å². The SMILES string of the molecule is Cc1ccc(CC(Cn2cccc2)C(=O)O)cc1. The molecule has 3 nitrogen and oxygen atoms in total. The second-order valence-electron chi connectivity index (χ2n) is 4.60. The first-order valence-corrected chi connectivity index (χ1v) is 6.04. The lowest BCUT2D eigenvalue weighted by Crippen LogP contribution is -2.21. The molecule has 1 N–H and O–H groups in total. The number of aryl methyl sites for hydroxylation is 1. The Morgan fingerprint density at radius 2 is 1.83 bits per heavy atom. The Morgan fingerprint density at radius 1 is 1.22 bits per heavy atom. The highest BCUT2D eigenvalue weighted by Gasteiger charge is 2.18. The number of carboxylic acid groups (broad SMARTS) is 1. The van der Waals surface area contributed by atoms with E-state index in [4.69, 9.17) is 0 Å². The largest absolute Gasteiger partial charge is 0.481 e. The summed E-state index contributed by atoms with van der Waals surface area (Å²) in [4.78, 5) is 11.3. The predicted octanol–water partition coefficient (Wildman–Crippen LogP) is 2.74. The molecule has 1 heterocycles. The van der Waals surface area contributed by atoms with E-state index >= 15 is 0 Å². The van der Waals surface area contributed by atoms with Gasteiger partial charge in [-0.05, 0) is 31.0 Å². The fourth-order valence-electron chi connectivity index (χ4n) is 1.98. The zero-order valence-electron chi connectivity index (χ0n) is 10.4. The monoisotopic (exact) mass is 243 g/mol. The molecule has 18 heavy (non-hydrogen) atoms. The van der Waals surface area contributed by atoms with Gasteiger partial charge in [-0.2, -0.15) is 0 Å². The van der Waals surface area contributed by atoms with Crippen molar-refractivity contribution < 1.29 is 9.90 Å². The van der Waals surface area contributed by atoms with Crippen LogP contribution in [0, 0.1) is 12.8 Å². The zero-order valence-corrected chi connectivity index (χ0v) is 10.4. The Balaban J connectivity index is 2.06. The molecule has 0 fully saturated rings. The van der Waals surface area contributed by atoms with Crippen molar-refractivity contribution in [3.8, 4) is 0 Å². The number of rotatable bonds is 5. The molecule has 94 valence electrons. The van der Waals surface area contributed by atoms with Crippen molar-refractivity contribution in [3.63, 3.8) is 0 Å². The number of aliphatic carboxylic acids is 1. The number of hydrogen-bond donors (Lipinski definition) is 1. The molecular formula is C15H17NO2. The standard InChI is InChI=1S/C15H17NO2/c1-12-4-6-13(7-5-12)10-14(15(17)18)11-16-8-2-3-9-16/h2-9,14H,10-11H2,1H3,(H,17,18). The summed E-state index contributed by atoms with van der Waals surface area (Å²) in [7, 11) is 0. The van der Waals surface area contributed by atoms with Crippen LogP contribution in [0.5, 0.6) is 0 Å². The van der Waals surface area contributed by atoms with Gasteiger partial charge in [0.25, 0.3) is 0 Å². The molecule has 1 aromatic heterocycles. The molecule has 1 unspecified atom stereocenters. The number of benzene rings is 1. The molecule has 0 bridgehead atoms. The zero-order chi connectivity index (χ0) is 13.0. The Morgan fingerprint density at radius 3 is 2.39 bits per heavy atom. The van der Waals surface area contributed by atoms with Crippen molar-refractivity contribution in [2.75, 3.05) is 0 Å². The summed E-state index contributed by atoms with van der Waals surface area (Å²) in [6.45, 7) is 2.54. The lowest BCUT2D eigenvalue weighted by Gasteiger charge is -2.13. The van der Waals surface area contributed by atoms with Gasteiger partial charge in [-0.1, -0.05) is 29.8 Å². The molecule has 2 rings (SSSR count). The molecule has 0 amide bonds. The second kappa shape index (κ2) is 5.54. The second-order valence-corrected chi connectivity index (χ2v) is 4.60. The van der Waals surface area contributed by atoms with Gasteiger partial charge in [0.05, 0.1) is 5.92 Å². The highest BCUT2D eigenvalue weighted by atomic mass is 16.4. The van der Waals surface area contributed by atoms with Gasteiger partial charge in [0.2, 0.25) is 0 Å². The summed E-state index contributed by atoms with van der Waals surface area (Å²) >= 11 is 0. The third-order valence-electron chi connectivity index (χ3n) is 3.05. The van der Waals surface area contributed by atoms with Crippen molar-refractivity contribution in [3.05, 3.63) is 59.9 Å². The van der Waals surface area contributed by atoms with Crippen LogP contribution in [-0.2, 0) is 17.8 Å². The molecule has 0 spiro atoms. The van der Waals surface area contributed by atoms with Crippen LogP contribution in [0.1, 0.15) is 11.1 Å². The fraction of sp³-hybridized carbons (Fsp3) is 0.267. The van der Waals surface area contributed by atoms with E-state index in [2.05, 4.69) is 0 Å². The number of carbonyl (C=O) groups is 1. The van der Waals surface area contributed by atoms with Gasteiger partial charge in [0.1, 0.15) is 0 Å². The van der Waals surface area contributed by atoms with Gasteiger partial charge in [0, 0.05) is 18.9 Å². The summed E-state index contributed by atoms with van der Waals surface area (Å²) in [5.41, 5.74) is 2.26. The van der Waals surface area contributed by atoms with E-state index < -0.39 is 5.97 Å². The molecule has 1 atom stereocenters. The van der Waals surface area contributed by atoms with E-state index in [0.29, 0.717) is 13.0 Å². The van der Waals surface area contributed by atoms with E-state index in [-0.39, 0.29) is 5.92 Å². The minimum atomic E-state index is -0.746. The smallest absolute Gasteiger partial charge is 0.308 e. The number of hydrogen-bond acceptors (Lipinski definition) is 1. The van der Waals surface area contributed by atoms with Crippen molar-refractivity contribution >= 4 is 5.97 Å². The Bertz CT molecular complexity index is 500. The summed E-state index contributed by atoms with van der Waals surface area (Å²) in [6.07, 6.45) is 4.35. The van der Waals surface area contributed by atoms with Crippen LogP contribution < -0.4 is 0 Å². The van der Waals surface area contributed by atoms with Gasteiger partial charge in [0.15, 0.2) is 0 Å². The average Bonchev–Trinajstić information content (AvgIpc) is 2.84. The predicted molar refractivity (Wildman–Crippen MR) is 70.4 cm³/mol. The molecule has 1 aromatic carbocycles. The van der Waals surface area contributed by atoms with Crippen LogP contribution in [0.2, 0.25) is 0 Å². The minimum Gasteiger partial charge on any atom is -0.481 e. The average molecular weight is 243 g/mol. The normalized spacial score (nSPS) is 12.3. The summed E-state index contributed by atoms with van der Waals surface area (Å²) < 4.78 is 1.91.